The van der Waals surface area contributed by atoms with Crippen molar-refractivity contribution < 1.29 is 9.53 Å². The molecule has 1 fully saturated rings. The van der Waals surface area contributed by atoms with E-state index in [-0.39, 0.29) is 18.1 Å². The van der Waals surface area contributed by atoms with Crippen molar-refractivity contribution in [2.75, 3.05) is 26.2 Å². The highest BCUT2D eigenvalue weighted by molar-refractivity contribution is 7.10. The Labute approximate surface area is 159 Å². The van der Waals surface area contributed by atoms with E-state index in [1.54, 1.807) is 0 Å². The molecule has 4 rings (SSSR count). The van der Waals surface area contributed by atoms with Gasteiger partial charge in [0, 0.05) is 24.6 Å². The lowest BCUT2D eigenvalue weighted by Crippen LogP contribution is -2.45. The van der Waals surface area contributed by atoms with Gasteiger partial charge in [0.2, 0.25) is 5.91 Å². The van der Waals surface area contributed by atoms with Gasteiger partial charge in [0.05, 0.1) is 18.7 Å². The van der Waals surface area contributed by atoms with E-state index in [4.69, 9.17) is 4.74 Å². The number of carbonyl (C=O) groups is 1. The zero-order valence-corrected chi connectivity index (χ0v) is 16.1. The number of nitrogens with zero attached hydrogens (tertiary/aromatic N) is 1. The van der Waals surface area contributed by atoms with Crippen molar-refractivity contribution in [3.63, 3.8) is 0 Å². The summed E-state index contributed by atoms with van der Waals surface area (Å²) in [5, 5.41) is 5.47. The van der Waals surface area contributed by atoms with Crippen LogP contribution in [0.3, 0.4) is 0 Å². The molecule has 26 heavy (non-hydrogen) atoms. The number of hydrogen-bond acceptors (Lipinski definition) is 4. The molecule has 2 aliphatic heterocycles. The zero-order valence-electron chi connectivity index (χ0n) is 15.2. The van der Waals surface area contributed by atoms with Crippen molar-refractivity contribution in [2.45, 2.75) is 38.3 Å². The fourth-order valence-electron chi connectivity index (χ4n) is 4.06. The first-order valence-corrected chi connectivity index (χ1v) is 10.4. The number of nitrogens with one attached hydrogen (secondary N) is 1. The van der Waals surface area contributed by atoms with Crippen LogP contribution < -0.4 is 5.32 Å². The lowest BCUT2D eigenvalue weighted by Gasteiger charge is -2.37. The standard InChI is InChI=1S/C21H26N2O2S/c1-15-5-2-3-7-17(15)21-18-9-12-26-19(18)8-10-23(21)20(24)14-22-13-16-6-4-11-25-16/h2-3,5,7,9,12,16,21-22H,4,6,8,10-11,13-14H2,1H3/t16-,21+/m0/s1. The second kappa shape index (κ2) is 7.91. The second-order valence-electron chi connectivity index (χ2n) is 7.16. The first-order valence-electron chi connectivity index (χ1n) is 9.47. The summed E-state index contributed by atoms with van der Waals surface area (Å²) in [6.45, 7) is 4.91. The molecule has 1 amide bonds. The molecule has 4 nitrogen and oxygen atoms in total. The molecule has 0 unspecified atom stereocenters. The van der Waals surface area contributed by atoms with Gasteiger partial charge in [-0.1, -0.05) is 24.3 Å². The van der Waals surface area contributed by atoms with Gasteiger partial charge in [-0.25, -0.2) is 0 Å². The minimum atomic E-state index is 0.0308. The number of fused-ring (bicyclic) bond motifs is 1. The number of benzene rings is 1. The molecule has 0 aliphatic carbocycles. The largest absolute Gasteiger partial charge is 0.377 e. The number of hydrogen-bond donors (Lipinski definition) is 1. The number of rotatable bonds is 5. The van der Waals surface area contributed by atoms with Gasteiger partial charge in [-0.05, 0) is 54.3 Å². The van der Waals surface area contributed by atoms with E-state index in [0.29, 0.717) is 6.54 Å². The third-order valence-electron chi connectivity index (χ3n) is 5.44. The van der Waals surface area contributed by atoms with Crippen LogP contribution in [0.15, 0.2) is 35.7 Å². The number of aryl methyl sites for hydroxylation is 1. The second-order valence-corrected chi connectivity index (χ2v) is 8.16. The molecular formula is C21H26N2O2S. The predicted molar refractivity (Wildman–Crippen MR) is 105 cm³/mol. The monoisotopic (exact) mass is 370 g/mol. The Balaban J connectivity index is 1.52. The van der Waals surface area contributed by atoms with Crippen molar-refractivity contribution in [1.82, 2.24) is 10.2 Å². The molecule has 1 aromatic carbocycles. The van der Waals surface area contributed by atoms with Gasteiger partial charge in [-0.2, -0.15) is 0 Å². The van der Waals surface area contributed by atoms with E-state index in [2.05, 4.69) is 52.9 Å². The smallest absolute Gasteiger partial charge is 0.237 e. The predicted octanol–water partition coefficient (Wildman–Crippen LogP) is 3.30. The quantitative estimate of drug-likeness (QED) is 0.878. The maximum absolute atomic E-state index is 13.0. The fraction of sp³-hybridized carbons (Fsp3) is 0.476. The Bertz CT molecular complexity index is 767. The van der Waals surface area contributed by atoms with Gasteiger partial charge in [0.1, 0.15) is 0 Å². The van der Waals surface area contributed by atoms with Gasteiger partial charge in [-0.15, -0.1) is 11.3 Å². The van der Waals surface area contributed by atoms with E-state index in [9.17, 15) is 4.79 Å². The Hall–Kier alpha value is -1.69. The fourth-order valence-corrected chi connectivity index (χ4v) is 4.96. The molecule has 2 aromatic rings. The van der Waals surface area contributed by atoms with Gasteiger partial charge < -0.3 is 15.0 Å². The summed E-state index contributed by atoms with van der Waals surface area (Å²) in [6.07, 6.45) is 3.43. The van der Waals surface area contributed by atoms with Crippen molar-refractivity contribution in [3.8, 4) is 0 Å². The van der Waals surface area contributed by atoms with Crippen LogP contribution in [-0.4, -0.2) is 43.2 Å². The van der Waals surface area contributed by atoms with Crippen molar-refractivity contribution in [3.05, 3.63) is 57.3 Å². The number of amides is 1. The first-order chi connectivity index (χ1) is 12.7. The summed E-state index contributed by atoms with van der Waals surface area (Å²) in [6, 6.07) is 10.6. The topological polar surface area (TPSA) is 41.6 Å². The van der Waals surface area contributed by atoms with Gasteiger partial charge in [0.25, 0.3) is 0 Å². The molecule has 0 radical (unpaired) electrons. The summed E-state index contributed by atoms with van der Waals surface area (Å²) in [7, 11) is 0. The van der Waals surface area contributed by atoms with Crippen LogP contribution in [0.1, 0.15) is 40.5 Å². The Morgan fingerprint density at radius 1 is 1.31 bits per heavy atom. The summed E-state index contributed by atoms with van der Waals surface area (Å²) >= 11 is 1.81. The van der Waals surface area contributed by atoms with E-state index in [1.165, 1.54) is 21.6 Å². The average molecular weight is 371 g/mol. The summed E-state index contributed by atoms with van der Waals surface area (Å²) in [4.78, 5) is 16.5. The van der Waals surface area contributed by atoms with E-state index in [0.717, 1.165) is 39.0 Å². The average Bonchev–Trinajstić information content (AvgIpc) is 3.33. The molecule has 3 heterocycles. The van der Waals surface area contributed by atoms with Crippen LogP contribution in [0, 0.1) is 6.92 Å². The number of carbonyl (C=O) groups excluding carboxylic acids is 1. The molecular weight excluding hydrogens is 344 g/mol. The van der Waals surface area contributed by atoms with Crippen LogP contribution >= 0.6 is 11.3 Å². The summed E-state index contributed by atoms with van der Waals surface area (Å²) < 4.78 is 5.64. The molecule has 0 bridgehead atoms. The minimum absolute atomic E-state index is 0.0308. The van der Waals surface area contributed by atoms with Crippen LogP contribution in [0.4, 0.5) is 0 Å². The Kier molecular flexibility index (Phi) is 5.38. The van der Waals surface area contributed by atoms with Crippen LogP contribution in [0.25, 0.3) is 0 Å². The number of thiophene rings is 1. The minimum Gasteiger partial charge on any atom is -0.377 e. The first kappa shape index (κ1) is 17.7. The van der Waals surface area contributed by atoms with Crippen molar-refractivity contribution in [1.29, 1.82) is 0 Å². The third kappa shape index (κ3) is 3.56. The molecule has 1 aromatic heterocycles. The maximum atomic E-state index is 13.0. The summed E-state index contributed by atoms with van der Waals surface area (Å²) in [5.41, 5.74) is 3.77. The highest BCUT2D eigenvalue weighted by Crippen LogP contribution is 2.38. The van der Waals surface area contributed by atoms with Crippen molar-refractivity contribution in [2.24, 2.45) is 0 Å². The van der Waals surface area contributed by atoms with Gasteiger partial charge >= 0.3 is 0 Å². The van der Waals surface area contributed by atoms with Crippen LogP contribution in [0.2, 0.25) is 0 Å². The Morgan fingerprint density at radius 3 is 3.00 bits per heavy atom. The van der Waals surface area contributed by atoms with E-state index < -0.39 is 0 Å². The molecule has 2 aliphatic rings. The molecule has 5 heteroatoms. The third-order valence-corrected chi connectivity index (χ3v) is 6.44. The van der Waals surface area contributed by atoms with E-state index >= 15 is 0 Å². The van der Waals surface area contributed by atoms with Gasteiger partial charge in [0.15, 0.2) is 0 Å². The number of ether oxygens (including phenoxy) is 1. The molecule has 0 spiro atoms. The zero-order chi connectivity index (χ0) is 17.9. The normalized spacial score (nSPS) is 22.4. The summed E-state index contributed by atoms with van der Waals surface area (Å²) in [5.74, 6) is 0.174. The molecule has 1 saturated heterocycles. The van der Waals surface area contributed by atoms with Crippen LogP contribution in [0.5, 0.6) is 0 Å². The molecule has 2 atom stereocenters. The molecule has 1 N–H and O–H groups in total. The maximum Gasteiger partial charge on any atom is 0.237 e. The lowest BCUT2D eigenvalue weighted by atomic mass is 9.90. The van der Waals surface area contributed by atoms with Crippen LogP contribution in [-0.2, 0) is 16.0 Å². The van der Waals surface area contributed by atoms with Crippen molar-refractivity contribution >= 4 is 17.2 Å². The van der Waals surface area contributed by atoms with E-state index in [1.807, 2.05) is 11.3 Å². The highest BCUT2D eigenvalue weighted by Gasteiger charge is 2.33. The molecule has 0 saturated carbocycles. The lowest BCUT2D eigenvalue weighted by molar-refractivity contribution is -0.132. The Morgan fingerprint density at radius 2 is 2.19 bits per heavy atom. The highest BCUT2D eigenvalue weighted by atomic mass is 32.1. The molecule has 138 valence electrons. The SMILES string of the molecule is Cc1ccccc1[C@@H]1c2ccsc2CCN1C(=O)CNC[C@@H]1CCCO1. The van der Waals surface area contributed by atoms with Gasteiger partial charge in [-0.3, -0.25) is 4.79 Å².